The van der Waals surface area contributed by atoms with Crippen molar-refractivity contribution in [3.8, 4) is 11.5 Å². The number of sulfone groups is 1. The van der Waals surface area contributed by atoms with Crippen LogP contribution in [0.2, 0.25) is 0 Å². The molecule has 0 saturated heterocycles. The topological polar surface area (TPSA) is 69.7 Å². The fraction of sp³-hybridized carbons (Fsp3) is 0.533. The van der Waals surface area contributed by atoms with Crippen LogP contribution in [0.1, 0.15) is 27.2 Å². The minimum atomic E-state index is -3.67. The summed E-state index contributed by atoms with van der Waals surface area (Å²) in [7, 11) is -3.67. The molecular formula is C15H20O5S. The van der Waals surface area contributed by atoms with Gasteiger partial charge < -0.3 is 9.47 Å². The number of ether oxygens (including phenoxy) is 2. The van der Waals surface area contributed by atoms with Crippen molar-refractivity contribution in [3.63, 3.8) is 0 Å². The lowest BCUT2D eigenvalue weighted by molar-refractivity contribution is -0.123. The zero-order valence-electron chi connectivity index (χ0n) is 12.5. The average Bonchev–Trinajstić information content (AvgIpc) is 2.61. The first-order chi connectivity index (χ1) is 9.70. The fourth-order valence-corrected chi connectivity index (χ4v) is 3.32. The summed E-state index contributed by atoms with van der Waals surface area (Å²) >= 11 is 0. The van der Waals surface area contributed by atoms with Crippen LogP contribution in [-0.4, -0.2) is 33.2 Å². The van der Waals surface area contributed by atoms with Crippen LogP contribution in [0.15, 0.2) is 23.1 Å². The maximum Gasteiger partial charge on any atom is 0.185 e. The van der Waals surface area contributed by atoms with Gasteiger partial charge in [-0.2, -0.15) is 0 Å². The van der Waals surface area contributed by atoms with Crippen LogP contribution in [0.4, 0.5) is 0 Å². The van der Waals surface area contributed by atoms with Crippen LogP contribution < -0.4 is 9.47 Å². The van der Waals surface area contributed by atoms with E-state index in [0.29, 0.717) is 24.7 Å². The Morgan fingerprint density at radius 3 is 2.38 bits per heavy atom. The van der Waals surface area contributed by atoms with Gasteiger partial charge in [-0.3, -0.25) is 4.79 Å². The summed E-state index contributed by atoms with van der Waals surface area (Å²) in [5.41, 5.74) is -0.682. The van der Waals surface area contributed by atoms with E-state index in [1.54, 1.807) is 26.8 Å². The van der Waals surface area contributed by atoms with Gasteiger partial charge in [0.15, 0.2) is 27.1 Å². The molecule has 1 aliphatic heterocycles. The van der Waals surface area contributed by atoms with Gasteiger partial charge in [0.1, 0.15) is 5.75 Å². The van der Waals surface area contributed by atoms with E-state index in [1.807, 2.05) is 0 Å². The Bertz CT molecular complexity index is 641. The summed E-state index contributed by atoms with van der Waals surface area (Å²) in [6.45, 7) is 6.15. The number of ketones is 1. The van der Waals surface area contributed by atoms with Gasteiger partial charge >= 0.3 is 0 Å². The summed E-state index contributed by atoms with van der Waals surface area (Å²) in [4.78, 5) is 12.0. The molecule has 0 aliphatic carbocycles. The number of Topliss-reactive ketones (excluding diaryl/α,β-unsaturated/α-hetero) is 1. The molecule has 1 heterocycles. The van der Waals surface area contributed by atoms with Crippen LogP contribution in [-0.2, 0) is 14.6 Å². The molecule has 116 valence electrons. The van der Waals surface area contributed by atoms with Crippen LogP contribution in [0.25, 0.3) is 0 Å². The summed E-state index contributed by atoms with van der Waals surface area (Å²) in [5, 5.41) is 0. The minimum absolute atomic E-state index is 0.0874. The van der Waals surface area contributed by atoms with Gasteiger partial charge in [-0.25, -0.2) is 8.42 Å². The fourth-order valence-electron chi connectivity index (χ4n) is 1.81. The maximum absolute atomic E-state index is 12.3. The molecule has 0 N–H and O–H groups in total. The maximum atomic E-state index is 12.3. The van der Waals surface area contributed by atoms with Gasteiger partial charge in [0.25, 0.3) is 0 Å². The van der Waals surface area contributed by atoms with E-state index in [-0.39, 0.29) is 10.7 Å². The van der Waals surface area contributed by atoms with Crippen LogP contribution in [0.3, 0.4) is 0 Å². The van der Waals surface area contributed by atoms with Crippen molar-refractivity contribution >= 4 is 15.6 Å². The third-order valence-electron chi connectivity index (χ3n) is 3.24. The number of hydrogen-bond donors (Lipinski definition) is 0. The number of carbonyl (C=O) groups excluding carboxylic acids is 1. The largest absolute Gasteiger partial charge is 0.490 e. The zero-order valence-corrected chi connectivity index (χ0v) is 13.3. The van der Waals surface area contributed by atoms with Crippen molar-refractivity contribution in [1.82, 2.24) is 0 Å². The van der Waals surface area contributed by atoms with Crippen LogP contribution in [0.5, 0.6) is 11.5 Å². The monoisotopic (exact) mass is 312 g/mol. The Kier molecular flexibility index (Phi) is 4.27. The smallest absolute Gasteiger partial charge is 0.185 e. The quantitative estimate of drug-likeness (QED) is 0.856. The highest BCUT2D eigenvalue weighted by Gasteiger charge is 2.28. The summed E-state index contributed by atoms with van der Waals surface area (Å²) in [6.07, 6.45) is 0.749. The summed E-state index contributed by atoms with van der Waals surface area (Å²) in [6, 6.07) is 4.47. The second kappa shape index (κ2) is 5.67. The van der Waals surface area contributed by atoms with E-state index >= 15 is 0 Å². The first-order valence-electron chi connectivity index (χ1n) is 6.86. The Morgan fingerprint density at radius 1 is 1.14 bits per heavy atom. The molecule has 2 rings (SSSR count). The first-order valence-corrected chi connectivity index (χ1v) is 8.51. The van der Waals surface area contributed by atoms with E-state index in [9.17, 15) is 13.2 Å². The summed E-state index contributed by atoms with van der Waals surface area (Å²) in [5.74, 6) is 0.135. The highest BCUT2D eigenvalue weighted by molar-refractivity contribution is 7.92. The molecular weight excluding hydrogens is 292 g/mol. The predicted molar refractivity (Wildman–Crippen MR) is 78.6 cm³/mol. The lowest BCUT2D eigenvalue weighted by Crippen LogP contribution is -2.28. The van der Waals surface area contributed by atoms with Crippen LogP contribution >= 0.6 is 0 Å². The normalized spacial score (nSPS) is 15.4. The molecule has 1 aromatic rings. The van der Waals surface area contributed by atoms with Gasteiger partial charge in [-0.1, -0.05) is 20.8 Å². The number of rotatable bonds is 3. The summed E-state index contributed by atoms with van der Waals surface area (Å²) < 4.78 is 35.6. The van der Waals surface area contributed by atoms with Crippen molar-refractivity contribution in [2.75, 3.05) is 19.0 Å². The molecule has 21 heavy (non-hydrogen) atoms. The molecule has 0 fully saturated rings. The molecule has 0 unspecified atom stereocenters. The Labute approximate surface area is 125 Å². The molecule has 0 amide bonds. The molecule has 0 spiro atoms. The van der Waals surface area contributed by atoms with Gasteiger partial charge in [-0.15, -0.1) is 0 Å². The van der Waals surface area contributed by atoms with Crippen molar-refractivity contribution in [3.05, 3.63) is 18.2 Å². The minimum Gasteiger partial charge on any atom is -0.490 e. The van der Waals surface area contributed by atoms with E-state index < -0.39 is 21.0 Å². The third-order valence-corrected chi connectivity index (χ3v) is 4.85. The Morgan fingerprint density at radius 2 is 1.76 bits per heavy atom. The van der Waals surface area contributed by atoms with Gasteiger partial charge in [0, 0.05) is 17.9 Å². The van der Waals surface area contributed by atoms with Crippen molar-refractivity contribution in [1.29, 1.82) is 0 Å². The third kappa shape index (κ3) is 3.75. The molecule has 0 saturated carbocycles. The highest BCUT2D eigenvalue weighted by atomic mass is 32.2. The zero-order chi connectivity index (χ0) is 15.7. The van der Waals surface area contributed by atoms with E-state index in [0.717, 1.165) is 6.42 Å². The lowest BCUT2D eigenvalue weighted by Gasteiger charge is -2.16. The van der Waals surface area contributed by atoms with Gasteiger partial charge in [0.05, 0.1) is 18.1 Å². The van der Waals surface area contributed by atoms with E-state index in [1.165, 1.54) is 12.1 Å². The molecule has 0 bridgehead atoms. The van der Waals surface area contributed by atoms with Gasteiger partial charge in [0.2, 0.25) is 0 Å². The SMILES string of the molecule is CC(C)(C)C(=O)CS(=O)(=O)c1ccc2c(c1)OCCCO2. The standard InChI is InChI=1S/C15H20O5S/c1-15(2,3)14(16)10-21(17,18)11-5-6-12-13(9-11)20-8-4-7-19-12/h5-6,9H,4,7-8,10H2,1-3H3. The highest BCUT2D eigenvalue weighted by Crippen LogP contribution is 2.32. The van der Waals surface area contributed by atoms with Crippen molar-refractivity contribution in [2.45, 2.75) is 32.1 Å². The van der Waals surface area contributed by atoms with E-state index in [4.69, 9.17) is 9.47 Å². The second-order valence-electron chi connectivity index (χ2n) is 6.09. The second-order valence-corrected chi connectivity index (χ2v) is 8.08. The molecule has 0 atom stereocenters. The number of fused-ring (bicyclic) bond motifs is 1. The number of benzene rings is 1. The number of hydrogen-bond acceptors (Lipinski definition) is 5. The molecule has 0 radical (unpaired) electrons. The van der Waals surface area contributed by atoms with Crippen LogP contribution in [0, 0.1) is 5.41 Å². The first kappa shape index (κ1) is 15.8. The Balaban J connectivity index is 2.29. The molecule has 1 aromatic carbocycles. The van der Waals surface area contributed by atoms with Crippen molar-refractivity contribution < 1.29 is 22.7 Å². The lowest BCUT2D eigenvalue weighted by atomic mass is 9.92. The average molecular weight is 312 g/mol. The Hall–Kier alpha value is -1.56. The van der Waals surface area contributed by atoms with E-state index in [2.05, 4.69) is 0 Å². The van der Waals surface area contributed by atoms with Crippen molar-refractivity contribution in [2.24, 2.45) is 5.41 Å². The number of carbonyl (C=O) groups is 1. The molecule has 1 aliphatic rings. The molecule has 6 heteroatoms. The molecule has 0 aromatic heterocycles. The molecule has 5 nitrogen and oxygen atoms in total. The predicted octanol–water partition coefficient (Wildman–Crippen LogP) is 2.24. The van der Waals surface area contributed by atoms with Gasteiger partial charge in [-0.05, 0) is 12.1 Å².